The summed E-state index contributed by atoms with van der Waals surface area (Å²) in [5, 5.41) is 3.16. The summed E-state index contributed by atoms with van der Waals surface area (Å²) in [5.41, 5.74) is 4.53. The van der Waals surface area contributed by atoms with Crippen molar-refractivity contribution in [3.05, 3.63) is 65.4 Å². The Morgan fingerprint density at radius 1 is 1.15 bits per heavy atom. The van der Waals surface area contributed by atoms with E-state index in [1.54, 1.807) is 0 Å². The number of carbonyl (C=O) groups is 1. The van der Waals surface area contributed by atoms with Crippen LogP contribution in [0.25, 0.3) is 5.57 Å². The lowest BCUT2D eigenvalue weighted by Gasteiger charge is -2.31. The van der Waals surface area contributed by atoms with Gasteiger partial charge in [-0.1, -0.05) is 18.2 Å². The second kappa shape index (κ2) is 9.38. The average Bonchev–Trinajstić information content (AvgIpc) is 2.63. The number of halogens is 1. The third-order valence-corrected chi connectivity index (χ3v) is 4.46. The standard InChI is InChI=1S/C22H27N2O2.HI/c1-22(2,3)26-21(25)24-15-11-19(12-16-24)20(17-7-5-4-6-8-17)18-9-13-23-14-10-18;/h4-9,14,23H,11-13,15-16H2,1-3H3;1H/q+1;/p-1. The highest BCUT2D eigenvalue weighted by Crippen LogP contribution is 2.33. The van der Waals surface area contributed by atoms with Crippen LogP contribution in [-0.2, 0) is 4.74 Å². The van der Waals surface area contributed by atoms with E-state index < -0.39 is 5.60 Å². The van der Waals surface area contributed by atoms with Gasteiger partial charge in [0.2, 0.25) is 0 Å². The van der Waals surface area contributed by atoms with Gasteiger partial charge >= 0.3 is 6.09 Å². The molecule has 4 nitrogen and oxygen atoms in total. The molecule has 0 aromatic heterocycles. The molecule has 0 spiro atoms. The van der Waals surface area contributed by atoms with Gasteiger partial charge in [0.25, 0.3) is 0 Å². The lowest BCUT2D eigenvalue weighted by Crippen LogP contribution is -3.00. The molecule has 27 heavy (non-hydrogen) atoms. The molecule has 0 aliphatic carbocycles. The van der Waals surface area contributed by atoms with Gasteiger partial charge in [-0.05, 0) is 51.3 Å². The van der Waals surface area contributed by atoms with Gasteiger partial charge in [0, 0.05) is 18.7 Å². The van der Waals surface area contributed by atoms with E-state index in [4.69, 9.17) is 4.74 Å². The third-order valence-electron chi connectivity index (χ3n) is 4.46. The van der Waals surface area contributed by atoms with Gasteiger partial charge < -0.3 is 38.9 Å². The van der Waals surface area contributed by atoms with Crippen LogP contribution in [-0.4, -0.2) is 36.2 Å². The molecule has 1 fully saturated rings. The predicted molar refractivity (Wildman–Crippen MR) is 104 cm³/mol. The van der Waals surface area contributed by atoms with E-state index in [2.05, 4.69) is 41.7 Å². The molecule has 0 saturated carbocycles. The lowest BCUT2D eigenvalue weighted by molar-refractivity contribution is -0.0000503. The number of rotatable bonds is 2. The zero-order valence-electron chi connectivity index (χ0n) is 16.2. The lowest BCUT2D eigenvalue weighted by atomic mass is 9.87. The molecule has 2 heterocycles. The first-order chi connectivity index (χ1) is 12.4. The highest BCUT2D eigenvalue weighted by atomic mass is 127. The smallest absolute Gasteiger partial charge is 0.410 e. The maximum Gasteiger partial charge on any atom is 0.410 e. The molecule has 3 rings (SSSR count). The van der Waals surface area contributed by atoms with Gasteiger partial charge in [0.05, 0.1) is 24.3 Å². The Bertz CT molecular complexity index is 735. The Kier molecular flexibility index (Phi) is 7.45. The molecule has 5 heteroatoms. The van der Waals surface area contributed by atoms with Crippen LogP contribution in [0.5, 0.6) is 0 Å². The van der Waals surface area contributed by atoms with Crippen molar-refractivity contribution in [2.45, 2.75) is 39.2 Å². The Hall–Kier alpha value is -1.85. The molecule has 1 aromatic rings. The first-order valence-electron chi connectivity index (χ1n) is 9.21. The molecule has 0 radical (unpaired) electrons. The summed E-state index contributed by atoms with van der Waals surface area (Å²) in [6.45, 7) is 7.90. The summed E-state index contributed by atoms with van der Waals surface area (Å²) in [5.74, 6) is 0. The second-order valence-electron chi connectivity index (χ2n) is 7.63. The minimum atomic E-state index is -0.456. The molecule has 0 unspecified atom stereocenters. The molecule has 144 valence electrons. The summed E-state index contributed by atoms with van der Waals surface area (Å²) in [6.07, 6.45) is 8.90. The Labute approximate surface area is 179 Å². The molecule has 2 aliphatic heterocycles. The van der Waals surface area contributed by atoms with Gasteiger partial charge in [-0.2, -0.15) is 0 Å². The number of amides is 1. The van der Waals surface area contributed by atoms with Crippen molar-refractivity contribution >= 4 is 11.7 Å². The number of nitrogens with zero attached hydrogens (tertiary/aromatic N) is 1. The molecule has 1 amide bonds. The van der Waals surface area contributed by atoms with Crippen molar-refractivity contribution in [3.63, 3.8) is 0 Å². The largest absolute Gasteiger partial charge is 1.00 e. The molecule has 0 atom stereocenters. The van der Waals surface area contributed by atoms with Crippen LogP contribution in [0.3, 0.4) is 0 Å². The van der Waals surface area contributed by atoms with Crippen LogP contribution >= 0.6 is 0 Å². The molecule has 2 aliphatic rings. The fraction of sp³-hybridized carbons (Fsp3) is 0.409. The van der Waals surface area contributed by atoms with E-state index in [0.29, 0.717) is 13.1 Å². The number of ether oxygens (including phenoxy) is 1. The quantitative estimate of drug-likeness (QED) is 0.515. The van der Waals surface area contributed by atoms with E-state index in [1.165, 1.54) is 16.7 Å². The van der Waals surface area contributed by atoms with Gasteiger partial charge in [0.15, 0.2) is 5.57 Å². The Morgan fingerprint density at radius 3 is 2.37 bits per heavy atom. The fourth-order valence-electron chi connectivity index (χ4n) is 3.27. The first-order valence-corrected chi connectivity index (χ1v) is 9.21. The normalized spacial score (nSPS) is 16.5. The maximum absolute atomic E-state index is 12.3. The van der Waals surface area contributed by atoms with Gasteiger partial charge in [0.1, 0.15) is 11.8 Å². The topological polar surface area (TPSA) is 41.6 Å². The van der Waals surface area contributed by atoms with Crippen molar-refractivity contribution < 1.29 is 33.5 Å². The summed E-state index contributed by atoms with van der Waals surface area (Å²) >= 11 is 0. The average molecular weight is 478 g/mol. The van der Waals surface area contributed by atoms with Gasteiger partial charge in [-0.25, -0.2) is 4.79 Å². The zero-order valence-corrected chi connectivity index (χ0v) is 18.4. The van der Waals surface area contributed by atoms with Crippen LogP contribution in [0.1, 0.15) is 39.2 Å². The van der Waals surface area contributed by atoms with E-state index in [0.717, 1.165) is 25.0 Å². The maximum atomic E-state index is 12.3. The highest BCUT2D eigenvalue weighted by Gasteiger charge is 2.29. The summed E-state index contributed by atoms with van der Waals surface area (Å²) in [6, 6.07) is 10.5. The van der Waals surface area contributed by atoms with Gasteiger partial charge in [-0.3, -0.25) is 0 Å². The van der Waals surface area contributed by atoms with Crippen LogP contribution in [0.4, 0.5) is 4.79 Å². The van der Waals surface area contributed by atoms with Crippen LogP contribution in [0.15, 0.2) is 53.8 Å². The Balaban J connectivity index is 0.00000261. The summed E-state index contributed by atoms with van der Waals surface area (Å²) in [4.78, 5) is 14.1. The highest BCUT2D eigenvalue weighted by molar-refractivity contribution is 5.83. The predicted octanol–water partition coefficient (Wildman–Crippen LogP) is 1.32. The van der Waals surface area contributed by atoms with Crippen molar-refractivity contribution in [3.8, 4) is 0 Å². The summed E-state index contributed by atoms with van der Waals surface area (Å²) < 4.78 is 5.51. The van der Waals surface area contributed by atoms with E-state index >= 15 is 0 Å². The van der Waals surface area contributed by atoms with E-state index in [1.807, 2.05) is 37.9 Å². The molecule has 0 bridgehead atoms. The number of dihydropyridines is 1. The second-order valence-corrected chi connectivity index (χ2v) is 7.63. The van der Waals surface area contributed by atoms with Crippen molar-refractivity contribution in [2.24, 2.45) is 0 Å². The van der Waals surface area contributed by atoms with Crippen LogP contribution < -0.4 is 29.3 Å². The third kappa shape index (κ3) is 5.81. The number of hydrogen-bond donors (Lipinski definition) is 1. The van der Waals surface area contributed by atoms with Crippen LogP contribution in [0.2, 0.25) is 0 Å². The molecular formula is C22H27IN2O2. The monoisotopic (exact) mass is 478 g/mol. The first kappa shape index (κ1) is 21.5. The zero-order chi connectivity index (χ0) is 18.6. The number of allylic oxidation sites excluding steroid dienone is 3. The minimum Gasteiger partial charge on any atom is -1.00 e. The van der Waals surface area contributed by atoms with Crippen LogP contribution in [0, 0.1) is 6.08 Å². The van der Waals surface area contributed by atoms with Crippen molar-refractivity contribution in [1.29, 1.82) is 0 Å². The molecule has 1 saturated heterocycles. The van der Waals surface area contributed by atoms with Crippen molar-refractivity contribution in [1.82, 2.24) is 10.2 Å². The number of nitrogens with one attached hydrogen (secondary N) is 1. The number of likely N-dealkylation sites (tertiary alicyclic amines) is 1. The number of piperidine rings is 1. The van der Waals surface area contributed by atoms with E-state index in [9.17, 15) is 4.79 Å². The summed E-state index contributed by atoms with van der Waals surface area (Å²) in [7, 11) is 0. The Morgan fingerprint density at radius 2 is 1.81 bits per heavy atom. The molecule has 1 N–H and O–H groups in total. The number of carbonyl (C=O) groups excluding carboxylic acids is 1. The van der Waals surface area contributed by atoms with E-state index in [-0.39, 0.29) is 30.1 Å². The van der Waals surface area contributed by atoms with Gasteiger partial charge in [-0.15, -0.1) is 0 Å². The minimum absolute atomic E-state index is 0. The number of hydrogen-bond acceptors (Lipinski definition) is 3. The molecule has 1 aromatic carbocycles. The SMILES string of the molecule is CC(C)(C)OC(=O)N1CCC(=C(C2=CCNC=[C+]2)c2ccccc2)CC1.[I-]. The fourth-order valence-corrected chi connectivity index (χ4v) is 3.27. The van der Waals surface area contributed by atoms with Crippen molar-refractivity contribution in [2.75, 3.05) is 19.6 Å². The number of benzene rings is 1. The molecular weight excluding hydrogens is 451 g/mol.